The largest absolute Gasteiger partial charge is 0.490 e. The van der Waals surface area contributed by atoms with E-state index in [1.54, 1.807) is 12.3 Å². The van der Waals surface area contributed by atoms with E-state index in [4.69, 9.17) is 4.74 Å². The molecule has 3 nitrogen and oxygen atoms in total. The van der Waals surface area contributed by atoms with Crippen molar-refractivity contribution in [1.82, 2.24) is 0 Å². The van der Waals surface area contributed by atoms with Crippen LogP contribution in [0.1, 0.15) is 11.1 Å². The predicted octanol–water partition coefficient (Wildman–Crippen LogP) is 4.01. The molecule has 3 heteroatoms. The number of ether oxygens (including phenoxy) is 1. The fourth-order valence-electron chi connectivity index (χ4n) is 1.65. The van der Waals surface area contributed by atoms with Gasteiger partial charge in [0.1, 0.15) is 12.4 Å². The Labute approximate surface area is 119 Å². The maximum Gasteiger partial charge on any atom is 0.120 e. The Morgan fingerprint density at radius 2 is 2.00 bits per heavy atom. The zero-order chi connectivity index (χ0) is 14.2. The first-order valence-corrected chi connectivity index (χ1v) is 6.47. The van der Waals surface area contributed by atoms with Crippen LogP contribution in [-0.2, 0) is 0 Å². The second kappa shape index (κ2) is 7.14. The number of rotatable bonds is 6. The molecule has 0 aliphatic carbocycles. The molecular weight excluding hydrogens is 248 g/mol. The highest BCUT2D eigenvalue weighted by Gasteiger charge is 1.94. The minimum absolute atomic E-state index is 0.502. The Kier molecular flexibility index (Phi) is 4.95. The second-order valence-corrected chi connectivity index (χ2v) is 4.41. The highest BCUT2D eigenvalue weighted by atomic mass is 16.5. The Balaban J connectivity index is 1.96. The molecule has 0 aliphatic rings. The summed E-state index contributed by atoms with van der Waals surface area (Å²) < 4.78 is 5.47. The number of nitrogens with one attached hydrogen (secondary N) is 1. The first-order valence-electron chi connectivity index (χ1n) is 6.47. The minimum Gasteiger partial charge on any atom is -0.490 e. The maximum atomic E-state index is 5.47. The summed E-state index contributed by atoms with van der Waals surface area (Å²) in [5.74, 6) is 0.809. The van der Waals surface area contributed by atoms with Crippen molar-refractivity contribution in [3.63, 3.8) is 0 Å². The van der Waals surface area contributed by atoms with E-state index in [0.717, 1.165) is 17.0 Å². The SMILES string of the molecule is C=CCOc1cccc(/C=N\Nc2ccc(C)cc2)c1. The van der Waals surface area contributed by atoms with Crippen molar-refractivity contribution < 1.29 is 4.74 Å². The van der Waals surface area contributed by atoms with E-state index in [1.807, 2.05) is 48.5 Å². The van der Waals surface area contributed by atoms with Crippen molar-refractivity contribution in [3.8, 4) is 5.75 Å². The number of aryl methyl sites for hydroxylation is 1. The van der Waals surface area contributed by atoms with E-state index in [2.05, 4.69) is 24.0 Å². The topological polar surface area (TPSA) is 33.6 Å². The number of benzene rings is 2. The molecule has 0 atom stereocenters. The fourth-order valence-corrected chi connectivity index (χ4v) is 1.65. The van der Waals surface area contributed by atoms with Crippen LogP contribution in [0.25, 0.3) is 0 Å². The zero-order valence-corrected chi connectivity index (χ0v) is 11.5. The summed E-state index contributed by atoms with van der Waals surface area (Å²) in [6.07, 6.45) is 3.49. The number of nitrogens with zero attached hydrogens (tertiary/aromatic N) is 1. The lowest BCUT2D eigenvalue weighted by Crippen LogP contribution is -1.94. The van der Waals surface area contributed by atoms with Gasteiger partial charge in [0, 0.05) is 0 Å². The first kappa shape index (κ1) is 13.9. The highest BCUT2D eigenvalue weighted by Crippen LogP contribution is 2.12. The van der Waals surface area contributed by atoms with E-state index in [-0.39, 0.29) is 0 Å². The molecule has 0 aromatic heterocycles. The molecular formula is C17H18N2O. The summed E-state index contributed by atoms with van der Waals surface area (Å²) in [6.45, 7) is 6.19. The van der Waals surface area contributed by atoms with E-state index < -0.39 is 0 Å². The van der Waals surface area contributed by atoms with Crippen molar-refractivity contribution in [2.75, 3.05) is 12.0 Å². The summed E-state index contributed by atoms with van der Waals surface area (Å²) >= 11 is 0. The molecule has 0 saturated carbocycles. The fraction of sp³-hybridized carbons (Fsp3) is 0.118. The van der Waals surface area contributed by atoms with Crippen molar-refractivity contribution in [2.24, 2.45) is 5.10 Å². The molecule has 0 radical (unpaired) electrons. The van der Waals surface area contributed by atoms with Gasteiger partial charge in [0.2, 0.25) is 0 Å². The summed E-state index contributed by atoms with van der Waals surface area (Å²) in [6, 6.07) is 15.8. The lowest BCUT2D eigenvalue weighted by atomic mass is 10.2. The molecule has 2 aromatic carbocycles. The molecule has 102 valence electrons. The van der Waals surface area contributed by atoms with E-state index in [0.29, 0.717) is 6.61 Å². The van der Waals surface area contributed by atoms with Gasteiger partial charge in [-0.05, 0) is 36.8 Å². The first-order chi connectivity index (χ1) is 9.78. The molecule has 0 heterocycles. The quantitative estimate of drug-likeness (QED) is 0.487. The number of anilines is 1. The molecule has 0 amide bonds. The van der Waals surface area contributed by atoms with Crippen LogP contribution in [0.4, 0.5) is 5.69 Å². The predicted molar refractivity (Wildman–Crippen MR) is 84.5 cm³/mol. The molecule has 2 rings (SSSR count). The minimum atomic E-state index is 0.502. The van der Waals surface area contributed by atoms with Crippen LogP contribution in [-0.4, -0.2) is 12.8 Å². The van der Waals surface area contributed by atoms with Gasteiger partial charge >= 0.3 is 0 Å². The average molecular weight is 266 g/mol. The molecule has 0 bridgehead atoms. The average Bonchev–Trinajstić information content (AvgIpc) is 2.48. The smallest absolute Gasteiger partial charge is 0.120 e. The number of hydrogen-bond acceptors (Lipinski definition) is 3. The lowest BCUT2D eigenvalue weighted by Gasteiger charge is -2.03. The molecule has 0 spiro atoms. The monoisotopic (exact) mass is 266 g/mol. The van der Waals surface area contributed by atoms with Gasteiger partial charge in [-0.3, -0.25) is 5.43 Å². The molecule has 0 saturated heterocycles. The van der Waals surface area contributed by atoms with Crippen LogP contribution in [0.3, 0.4) is 0 Å². The normalized spacial score (nSPS) is 10.4. The van der Waals surface area contributed by atoms with Crippen LogP contribution in [0, 0.1) is 6.92 Å². The zero-order valence-electron chi connectivity index (χ0n) is 11.5. The summed E-state index contributed by atoms with van der Waals surface area (Å²) in [7, 11) is 0. The summed E-state index contributed by atoms with van der Waals surface area (Å²) in [4.78, 5) is 0. The third-order valence-electron chi connectivity index (χ3n) is 2.68. The lowest BCUT2D eigenvalue weighted by molar-refractivity contribution is 0.363. The third-order valence-corrected chi connectivity index (χ3v) is 2.68. The maximum absolute atomic E-state index is 5.47. The Morgan fingerprint density at radius 1 is 1.20 bits per heavy atom. The van der Waals surface area contributed by atoms with Crippen molar-refractivity contribution in [1.29, 1.82) is 0 Å². The molecule has 0 aliphatic heterocycles. The highest BCUT2D eigenvalue weighted by molar-refractivity contribution is 5.80. The van der Waals surface area contributed by atoms with Crippen LogP contribution in [0.2, 0.25) is 0 Å². The van der Waals surface area contributed by atoms with Crippen molar-refractivity contribution in [3.05, 3.63) is 72.3 Å². The Bertz CT molecular complexity index is 588. The molecule has 20 heavy (non-hydrogen) atoms. The van der Waals surface area contributed by atoms with Gasteiger partial charge in [0.15, 0.2) is 0 Å². The summed E-state index contributed by atoms with van der Waals surface area (Å²) in [5, 5.41) is 4.21. The van der Waals surface area contributed by atoms with Crippen molar-refractivity contribution >= 4 is 11.9 Å². The van der Waals surface area contributed by atoms with Crippen LogP contribution >= 0.6 is 0 Å². The summed E-state index contributed by atoms with van der Waals surface area (Å²) in [5.41, 5.74) is 6.17. The Hall–Kier alpha value is -2.55. The van der Waals surface area contributed by atoms with E-state index in [1.165, 1.54) is 5.56 Å². The van der Waals surface area contributed by atoms with Gasteiger partial charge in [-0.25, -0.2) is 0 Å². The van der Waals surface area contributed by atoms with E-state index >= 15 is 0 Å². The number of hydrogen-bond donors (Lipinski definition) is 1. The van der Waals surface area contributed by atoms with Crippen LogP contribution in [0.15, 0.2) is 66.3 Å². The van der Waals surface area contributed by atoms with Crippen molar-refractivity contribution in [2.45, 2.75) is 6.92 Å². The van der Waals surface area contributed by atoms with Crippen LogP contribution in [0.5, 0.6) is 5.75 Å². The van der Waals surface area contributed by atoms with Gasteiger partial charge in [-0.15, -0.1) is 0 Å². The molecule has 2 aromatic rings. The molecule has 1 N–H and O–H groups in total. The number of hydrazone groups is 1. The second-order valence-electron chi connectivity index (χ2n) is 4.41. The molecule has 0 fully saturated rings. The van der Waals surface area contributed by atoms with E-state index in [9.17, 15) is 0 Å². The van der Waals surface area contributed by atoms with Crippen LogP contribution < -0.4 is 10.2 Å². The third kappa shape index (κ3) is 4.28. The van der Waals surface area contributed by atoms with Gasteiger partial charge in [0.05, 0.1) is 11.9 Å². The van der Waals surface area contributed by atoms with Gasteiger partial charge in [0.25, 0.3) is 0 Å². The molecule has 0 unspecified atom stereocenters. The van der Waals surface area contributed by atoms with Gasteiger partial charge < -0.3 is 4.74 Å². The van der Waals surface area contributed by atoms with Gasteiger partial charge in [-0.1, -0.05) is 42.5 Å². The Morgan fingerprint density at radius 3 is 2.75 bits per heavy atom. The van der Waals surface area contributed by atoms with Gasteiger partial charge in [-0.2, -0.15) is 5.10 Å². The standard InChI is InChI=1S/C17H18N2O/c1-3-11-20-17-6-4-5-15(12-17)13-18-19-16-9-7-14(2)8-10-16/h3-10,12-13,19H,1,11H2,2H3/b18-13-.